The van der Waals surface area contributed by atoms with Crippen molar-refractivity contribution < 1.29 is 39.4 Å². The summed E-state index contributed by atoms with van der Waals surface area (Å²) in [5, 5.41) is 51.0. The largest absolute Gasteiger partial charge is 0.493 e. The van der Waals surface area contributed by atoms with Crippen molar-refractivity contribution in [1.82, 2.24) is 14.9 Å². The molecule has 0 saturated carbocycles. The number of rotatable bonds is 10. The van der Waals surface area contributed by atoms with E-state index in [9.17, 15) is 35.2 Å². The van der Waals surface area contributed by atoms with E-state index in [1.54, 1.807) is 13.3 Å². The summed E-state index contributed by atoms with van der Waals surface area (Å²) in [5.74, 6) is -0.145. The number of hydrogen-bond donors (Lipinski definition) is 3. The van der Waals surface area contributed by atoms with E-state index < -0.39 is 44.6 Å². The molecule has 2 heterocycles. The Bertz CT molecular complexity index is 1730. The Kier molecular flexibility index (Phi) is 10.7. The summed E-state index contributed by atoms with van der Waals surface area (Å²) in [6.45, 7) is 3.51. The van der Waals surface area contributed by atoms with Crippen LogP contribution >= 0.6 is 0 Å². The lowest BCUT2D eigenvalue weighted by molar-refractivity contribution is -0.394. The fraction of sp³-hybridized carbons (Fsp3) is 0.323. The first-order valence-electron chi connectivity index (χ1n) is 14.2. The van der Waals surface area contributed by atoms with E-state index in [0.717, 1.165) is 28.7 Å². The minimum Gasteiger partial charge on any atom is -0.493 e. The highest BCUT2D eigenvalue weighted by Gasteiger charge is 2.37. The number of methoxy groups -OCH3 is 1. The Hall–Kier alpha value is -5.25. The molecule has 15 nitrogen and oxygen atoms in total. The van der Waals surface area contributed by atoms with Crippen molar-refractivity contribution in [3.8, 4) is 11.5 Å². The molecule has 0 amide bonds. The molecule has 0 aliphatic carbocycles. The molecule has 242 valence electrons. The number of aromatic carboxylic acids is 1. The molecule has 0 radical (unpaired) electrons. The third-order valence-corrected chi connectivity index (χ3v) is 7.54. The lowest BCUT2D eigenvalue weighted by Gasteiger charge is -2.39. The quantitative estimate of drug-likeness (QED) is 0.165. The summed E-state index contributed by atoms with van der Waals surface area (Å²) < 4.78 is 11.2. The summed E-state index contributed by atoms with van der Waals surface area (Å²) in [7, 11) is 1.62. The summed E-state index contributed by atoms with van der Waals surface area (Å²) in [6, 6.07) is 15.8. The Morgan fingerprint density at radius 2 is 1.72 bits per heavy atom. The zero-order chi connectivity index (χ0) is 33.4. The number of hydrogen-bond acceptors (Lipinski definition) is 12. The second-order valence-corrected chi connectivity index (χ2v) is 10.6. The molecule has 1 atom stereocenters. The zero-order valence-corrected chi connectivity index (χ0v) is 25.1. The SMILES string of the molecule is COc1cc(C)ccc1OCC[C@H](O)N1CCC(O)(c2cnc3ccccc3n2)CC1.O=C(O)c1ccc([N+](=O)[O-])cc1[N+](=O)[O-]. The molecule has 1 aliphatic rings. The molecule has 1 fully saturated rings. The Morgan fingerprint density at radius 1 is 1.02 bits per heavy atom. The highest BCUT2D eigenvalue weighted by atomic mass is 16.6. The van der Waals surface area contributed by atoms with Gasteiger partial charge in [0.25, 0.3) is 11.4 Å². The number of nitro benzene ring substituents is 2. The van der Waals surface area contributed by atoms with Gasteiger partial charge in [0, 0.05) is 25.6 Å². The highest BCUT2D eigenvalue weighted by molar-refractivity contribution is 5.92. The fourth-order valence-corrected chi connectivity index (χ4v) is 4.95. The van der Waals surface area contributed by atoms with E-state index in [1.807, 2.05) is 54.3 Å². The number of carboxylic acids is 1. The van der Waals surface area contributed by atoms with Crippen LogP contribution in [0.5, 0.6) is 11.5 Å². The number of aromatic nitrogens is 2. The molecule has 1 saturated heterocycles. The van der Waals surface area contributed by atoms with Gasteiger partial charge in [-0.15, -0.1) is 0 Å². The van der Waals surface area contributed by atoms with Crippen molar-refractivity contribution >= 4 is 28.4 Å². The molecule has 46 heavy (non-hydrogen) atoms. The van der Waals surface area contributed by atoms with Crippen LogP contribution in [0.4, 0.5) is 11.4 Å². The number of para-hydroxylation sites is 2. The molecule has 1 aromatic heterocycles. The first-order chi connectivity index (χ1) is 21.9. The van der Waals surface area contributed by atoms with Crippen LogP contribution in [0, 0.1) is 27.2 Å². The molecule has 0 bridgehead atoms. The Labute approximate surface area is 263 Å². The molecule has 3 aromatic carbocycles. The lowest BCUT2D eigenvalue weighted by Crippen LogP contribution is -2.47. The topological polar surface area (TPSA) is 212 Å². The molecule has 5 rings (SSSR count). The molecule has 3 N–H and O–H groups in total. The number of non-ortho nitro benzene ring substituents is 1. The first-order valence-corrected chi connectivity index (χ1v) is 14.2. The van der Waals surface area contributed by atoms with Crippen LogP contribution in [0.25, 0.3) is 11.0 Å². The van der Waals surface area contributed by atoms with E-state index >= 15 is 0 Å². The van der Waals surface area contributed by atoms with Gasteiger partial charge in [0.1, 0.15) is 17.4 Å². The second kappa shape index (κ2) is 14.7. The maximum atomic E-state index is 11.2. The zero-order valence-electron chi connectivity index (χ0n) is 25.1. The van der Waals surface area contributed by atoms with Crippen LogP contribution in [-0.2, 0) is 5.60 Å². The average Bonchev–Trinajstić information content (AvgIpc) is 3.05. The number of ether oxygens (including phenoxy) is 2. The molecule has 0 spiro atoms. The van der Waals surface area contributed by atoms with E-state index in [2.05, 4.69) is 9.97 Å². The number of piperidine rings is 1. The summed E-state index contributed by atoms with van der Waals surface area (Å²) >= 11 is 0. The average molecular weight is 636 g/mol. The van der Waals surface area contributed by atoms with Crippen molar-refractivity contribution in [1.29, 1.82) is 0 Å². The maximum Gasteiger partial charge on any atom is 0.342 e. The summed E-state index contributed by atoms with van der Waals surface area (Å²) in [4.78, 5) is 40.5. The van der Waals surface area contributed by atoms with Crippen LogP contribution in [0.15, 0.2) is 66.9 Å². The maximum absolute atomic E-state index is 11.2. The number of nitro groups is 2. The number of fused-ring (bicyclic) bond motifs is 1. The van der Waals surface area contributed by atoms with Crippen LogP contribution in [0.3, 0.4) is 0 Å². The minimum atomic E-state index is -1.50. The lowest BCUT2D eigenvalue weighted by atomic mass is 9.88. The molecular formula is C31H33N5O10. The van der Waals surface area contributed by atoms with Gasteiger partial charge in [-0.1, -0.05) is 18.2 Å². The number of carbonyl (C=O) groups is 1. The molecule has 1 aliphatic heterocycles. The van der Waals surface area contributed by atoms with Gasteiger partial charge < -0.3 is 24.8 Å². The van der Waals surface area contributed by atoms with Gasteiger partial charge in [0.05, 0.1) is 52.6 Å². The van der Waals surface area contributed by atoms with Crippen LogP contribution in [-0.4, -0.2) is 79.0 Å². The number of benzene rings is 3. The van der Waals surface area contributed by atoms with Gasteiger partial charge in [0.15, 0.2) is 11.5 Å². The molecule has 0 unspecified atom stereocenters. The van der Waals surface area contributed by atoms with E-state index in [4.69, 9.17) is 14.6 Å². The van der Waals surface area contributed by atoms with Gasteiger partial charge in [0.2, 0.25) is 0 Å². The fourth-order valence-electron chi connectivity index (χ4n) is 4.95. The van der Waals surface area contributed by atoms with Crippen LogP contribution in [0.1, 0.15) is 40.9 Å². The number of aryl methyl sites for hydroxylation is 1. The Morgan fingerprint density at radius 3 is 2.35 bits per heavy atom. The van der Waals surface area contributed by atoms with Crippen LogP contribution < -0.4 is 9.47 Å². The third-order valence-electron chi connectivity index (χ3n) is 7.54. The van der Waals surface area contributed by atoms with Crippen molar-refractivity contribution in [2.75, 3.05) is 26.8 Å². The minimum absolute atomic E-state index is 0.373. The van der Waals surface area contributed by atoms with Gasteiger partial charge in [-0.25, -0.2) is 9.78 Å². The second-order valence-electron chi connectivity index (χ2n) is 10.6. The van der Waals surface area contributed by atoms with Crippen molar-refractivity contribution in [2.24, 2.45) is 0 Å². The van der Waals surface area contributed by atoms with Gasteiger partial charge >= 0.3 is 5.97 Å². The molecule has 4 aromatic rings. The van der Waals surface area contributed by atoms with Crippen LogP contribution in [0.2, 0.25) is 0 Å². The third kappa shape index (κ3) is 8.06. The van der Waals surface area contributed by atoms with Crippen molar-refractivity contribution in [3.05, 3.63) is 104 Å². The molecular weight excluding hydrogens is 602 g/mol. The predicted octanol–water partition coefficient (Wildman–Crippen LogP) is 4.22. The van der Waals surface area contributed by atoms with Gasteiger partial charge in [-0.05, 0) is 55.7 Å². The predicted molar refractivity (Wildman–Crippen MR) is 165 cm³/mol. The number of aliphatic hydroxyl groups excluding tert-OH is 1. The molecule has 15 heteroatoms. The smallest absolute Gasteiger partial charge is 0.342 e. The van der Waals surface area contributed by atoms with E-state index in [0.29, 0.717) is 62.2 Å². The summed E-state index contributed by atoms with van der Waals surface area (Å²) in [5.41, 5.74) is 0.358. The van der Waals surface area contributed by atoms with E-state index in [-0.39, 0.29) is 0 Å². The van der Waals surface area contributed by atoms with Crippen molar-refractivity contribution in [3.63, 3.8) is 0 Å². The number of nitrogens with zero attached hydrogens (tertiary/aromatic N) is 5. The van der Waals surface area contributed by atoms with Crippen molar-refractivity contribution in [2.45, 2.75) is 38.0 Å². The van der Waals surface area contributed by atoms with E-state index in [1.165, 1.54) is 0 Å². The standard InChI is InChI=1S/C24H29N3O4.C7H4N2O6/c1-17-7-8-20(21(15-17)30-2)31-14-9-23(28)27-12-10-24(29,11-13-27)22-16-25-18-5-3-4-6-19(18)26-22;10-7(11)5-2-1-4(8(12)13)3-6(5)9(14)15/h3-8,15-16,23,28-29H,9-14H2,1-2H3;1-3H,(H,10,11)/t23-;/m0./s1. The summed E-state index contributed by atoms with van der Waals surface area (Å²) in [6.07, 6.45) is 2.47. The monoisotopic (exact) mass is 635 g/mol. The Balaban J connectivity index is 0.000000270. The number of likely N-dealkylation sites (tertiary alicyclic amines) is 1. The normalized spacial score (nSPS) is 14.9. The number of aliphatic hydroxyl groups is 2. The number of carboxylic acid groups (broad SMARTS) is 1. The first kappa shape index (κ1) is 33.6. The van der Waals surface area contributed by atoms with Gasteiger partial charge in [-0.3, -0.25) is 30.1 Å². The van der Waals surface area contributed by atoms with Gasteiger partial charge in [-0.2, -0.15) is 0 Å². The highest BCUT2D eigenvalue weighted by Crippen LogP contribution is 2.33.